The predicted octanol–water partition coefficient (Wildman–Crippen LogP) is 2.83. The van der Waals surface area contributed by atoms with E-state index in [0.717, 1.165) is 21.2 Å². The molecule has 0 aromatic heterocycles. The first kappa shape index (κ1) is 24.6. The fraction of sp³-hybridized carbons (Fsp3) is 0.364. The van der Waals surface area contributed by atoms with Crippen LogP contribution in [0.25, 0.3) is 12.2 Å². The summed E-state index contributed by atoms with van der Waals surface area (Å²) in [6.07, 6.45) is 16.0. The summed E-state index contributed by atoms with van der Waals surface area (Å²) in [5.74, 6) is 0.164. The number of hydrogen-bond donors (Lipinski definition) is 0. The van der Waals surface area contributed by atoms with Gasteiger partial charge in [-0.05, 0) is 58.7 Å². The molecule has 0 N–H and O–H groups in total. The summed E-state index contributed by atoms with van der Waals surface area (Å²) in [7, 11) is 0. The summed E-state index contributed by atoms with van der Waals surface area (Å²) in [5, 5.41) is 3.97. The molecule has 4 atom stereocenters. The molecule has 6 rings (SSSR count). The second-order valence-electron chi connectivity index (χ2n) is 11.6. The van der Waals surface area contributed by atoms with Crippen molar-refractivity contribution in [2.45, 2.75) is 38.8 Å². The molecular weight excluding hydrogens is 468 g/mol. The van der Waals surface area contributed by atoms with E-state index in [1.165, 1.54) is 0 Å². The fourth-order valence-electron chi connectivity index (χ4n) is 7.05. The Morgan fingerprint density at radius 2 is 1.11 bits per heavy atom. The summed E-state index contributed by atoms with van der Waals surface area (Å²) in [4.78, 5) is 35.9. The Balaban J connectivity index is 1.65. The second-order valence-corrected chi connectivity index (χ2v) is 11.6. The Morgan fingerprint density at radius 3 is 1.45 bits per heavy atom. The molecule has 0 radical (unpaired) electrons. The van der Waals surface area contributed by atoms with Crippen LogP contribution in [0.5, 0.6) is 0 Å². The summed E-state index contributed by atoms with van der Waals surface area (Å²) in [6.45, 7) is 9.30. The van der Waals surface area contributed by atoms with Crippen LogP contribution in [0.4, 0.5) is 0 Å². The van der Waals surface area contributed by atoms with E-state index < -0.39 is 21.9 Å². The van der Waals surface area contributed by atoms with E-state index in [1.54, 1.807) is 12.4 Å². The average molecular weight is 503 g/mol. The van der Waals surface area contributed by atoms with Gasteiger partial charge >= 0.3 is 0 Å². The standard InChI is InChI=1S/C33H34N4O/c1-23(2)32(19-25-11-5-7-13-27(25)36-32)30(15-9-17-34-21-30)29(38)31(16-10-18-35-22-31)33(24(3)4)20-26-12-6-8-14-28(26)37-33/h5-20,23-24H,21-22H2,1-4H3. The molecule has 5 nitrogen and oxygen atoms in total. The summed E-state index contributed by atoms with van der Waals surface area (Å²) < 4.78 is 0. The predicted molar refractivity (Wildman–Crippen MR) is 153 cm³/mol. The van der Waals surface area contributed by atoms with Gasteiger partial charge in [-0.3, -0.25) is 24.8 Å². The molecule has 5 heteroatoms. The largest absolute Gasteiger partial charge is 0.297 e. The van der Waals surface area contributed by atoms with E-state index >= 15 is 4.79 Å². The van der Waals surface area contributed by atoms with E-state index in [2.05, 4.69) is 64.1 Å². The third kappa shape index (κ3) is 3.14. The van der Waals surface area contributed by atoms with Crippen LogP contribution in [-0.2, 0) is 4.79 Å². The van der Waals surface area contributed by atoms with Crippen LogP contribution in [0.3, 0.4) is 0 Å². The lowest BCUT2D eigenvalue weighted by atomic mass is 9.51. The Bertz CT molecular complexity index is 1480. The summed E-state index contributed by atoms with van der Waals surface area (Å²) in [5.41, 5.74) is -3.61. The van der Waals surface area contributed by atoms with Crippen molar-refractivity contribution in [2.75, 3.05) is 13.1 Å². The molecule has 0 bridgehead atoms. The van der Waals surface area contributed by atoms with Gasteiger partial charge < -0.3 is 0 Å². The van der Waals surface area contributed by atoms with Gasteiger partial charge in [0, 0.05) is 12.4 Å². The highest BCUT2D eigenvalue weighted by molar-refractivity contribution is 6.01. The summed E-state index contributed by atoms with van der Waals surface area (Å²) >= 11 is 0. The lowest BCUT2D eigenvalue weighted by Gasteiger charge is -2.53. The van der Waals surface area contributed by atoms with E-state index in [4.69, 9.17) is 20.0 Å². The molecule has 0 fully saturated rings. The fourth-order valence-corrected chi connectivity index (χ4v) is 7.05. The number of dihydropyridines is 2. The lowest BCUT2D eigenvalue weighted by molar-refractivity contribution is -0.139. The SMILES string of the molecule is CC(C)C1(C2(C(=O)C3(C4(C(C)C)C=c5ccccc5=N4)C=CC=NC3)C=CC=NC2)C=c2ccccc2=N1. The second kappa shape index (κ2) is 8.65. The number of para-hydroxylation sites is 2. The van der Waals surface area contributed by atoms with Crippen molar-refractivity contribution >= 4 is 30.4 Å². The summed E-state index contributed by atoms with van der Waals surface area (Å²) in [6, 6.07) is 16.3. The van der Waals surface area contributed by atoms with Gasteiger partial charge in [0.25, 0.3) is 0 Å². The molecule has 4 unspecified atom stereocenters. The Kier molecular flexibility index (Phi) is 5.60. The quantitative estimate of drug-likeness (QED) is 0.599. The number of allylic oxidation sites excluding steroid dienone is 2. The number of ketones is 1. The first-order chi connectivity index (χ1) is 18.3. The number of aliphatic imine (C=N–C) groups is 2. The van der Waals surface area contributed by atoms with Gasteiger partial charge in [-0.1, -0.05) is 76.2 Å². The smallest absolute Gasteiger partial charge is 0.162 e. The third-order valence-electron chi connectivity index (χ3n) is 9.06. The Morgan fingerprint density at radius 1 is 0.684 bits per heavy atom. The maximum atomic E-state index is 15.7. The van der Waals surface area contributed by atoms with Crippen molar-refractivity contribution < 1.29 is 4.79 Å². The highest BCUT2D eigenvalue weighted by Gasteiger charge is 2.66. The molecule has 2 aromatic rings. The molecule has 0 amide bonds. The van der Waals surface area contributed by atoms with Gasteiger partial charge in [-0.2, -0.15) is 0 Å². The van der Waals surface area contributed by atoms with Crippen molar-refractivity contribution in [1.82, 2.24) is 0 Å². The van der Waals surface area contributed by atoms with E-state index in [9.17, 15) is 0 Å². The Hall–Kier alpha value is -3.73. The van der Waals surface area contributed by atoms with Crippen LogP contribution in [-0.4, -0.2) is 42.4 Å². The number of rotatable bonds is 6. The van der Waals surface area contributed by atoms with Gasteiger partial charge in [0.2, 0.25) is 0 Å². The zero-order chi connectivity index (χ0) is 26.6. The number of nitrogens with zero attached hydrogens (tertiary/aromatic N) is 4. The van der Waals surface area contributed by atoms with Crippen LogP contribution < -0.4 is 21.2 Å². The van der Waals surface area contributed by atoms with Gasteiger partial charge in [-0.25, -0.2) is 0 Å². The normalized spacial score (nSPS) is 32.4. The Labute approximate surface area is 223 Å². The number of fused-ring (bicyclic) bond motifs is 2. The maximum absolute atomic E-state index is 15.7. The first-order valence-corrected chi connectivity index (χ1v) is 13.6. The van der Waals surface area contributed by atoms with Crippen LogP contribution in [0, 0.1) is 22.7 Å². The number of Topliss-reactive ketones (excluding diaryl/α,β-unsaturated/α-hetero) is 1. The van der Waals surface area contributed by atoms with Crippen molar-refractivity contribution in [1.29, 1.82) is 0 Å². The minimum Gasteiger partial charge on any atom is -0.297 e. The maximum Gasteiger partial charge on any atom is 0.162 e. The number of carbonyl (C=O) groups is 1. The molecule has 0 saturated carbocycles. The average Bonchev–Trinajstić information content (AvgIpc) is 3.55. The van der Waals surface area contributed by atoms with Crippen molar-refractivity contribution in [3.8, 4) is 0 Å². The molecule has 0 spiro atoms. The van der Waals surface area contributed by atoms with Gasteiger partial charge in [0.15, 0.2) is 5.78 Å². The zero-order valence-electron chi connectivity index (χ0n) is 22.5. The van der Waals surface area contributed by atoms with Crippen LogP contribution >= 0.6 is 0 Å². The number of benzene rings is 2. The molecule has 2 aromatic carbocycles. The molecular formula is C33H34N4O. The molecule has 4 aliphatic heterocycles. The van der Waals surface area contributed by atoms with E-state index in [-0.39, 0.29) is 17.6 Å². The van der Waals surface area contributed by atoms with Gasteiger partial charge in [0.1, 0.15) is 11.1 Å². The first-order valence-electron chi connectivity index (χ1n) is 13.6. The van der Waals surface area contributed by atoms with Crippen LogP contribution in [0.1, 0.15) is 27.7 Å². The van der Waals surface area contributed by atoms with Gasteiger partial charge in [-0.15, -0.1) is 0 Å². The molecule has 0 aliphatic carbocycles. The van der Waals surface area contributed by atoms with E-state index in [1.807, 2.05) is 48.6 Å². The topological polar surface area (TPSA) is 66.5 Å². The molecule has 192 valence electrons. The minimum absolute atomic E-state index is 0.0432. The molecule has 0 saturated heterocycles. The number of hydrogen-bond acceptors (Lipinski definition) is 5. The lowest BCUT2D eigenvalue weighted by Crippen LogP contribution is -2.65. The monoisotopic (exact) mass is 502 g/mol. The van der Waals surface area contributed by atoms with Gasteiger partial charge in [0.05, 0.1) is 34.6 Å². The molecule has 38 heavy (non-hydrogen) atoms. The molecule has 4 aliphatic rings. The highest BCUT2D eigenvalue weighted by Crippen LogP contribution is 2.55. The van der Waals surface area contributed by atoms with Crippen LogP contribution in [0.2, 0.25) is 0 Å². The molecule has 4 heterocycles. The van der Waals surface area contributed by atoms with Crippen LogP contribution in [0.15, 0.2) is 92.8 Å². The highest BCUT2D eigenvalue weighted by atomic mass is 16.1. The van der Waals surface area contributed by atoms with E-state index in [0.29, 0.717) is 13.1 Å². The zero-order valence-corrected chi connectivity index (χ0v) is 22.5. The number of carbonyl (C=O) groups excluding carboxylic acids is 1. The van der Waals surface area contributed by atoms with Crippen molar-refractivity contribution in [3.05, 3.63) is 94.0 Å². The van der Waals surface area contributed by atoms with Crippen molar-refractivity contribution in [2.24, 2.45) is 42.6 Å². The third-order valence-corrected chi connectivity index (χ3v) is 9.06. The van der Waals surface area contributed by atoms with Crippen molar-refractivity contribution in [3.63, 3.8) is 0 Å². The minimum atomic E-state index is -1.01.